The third-order valence-corrected chi connectivity index (χ3v) is 8.10. The van der Waals surface area contributed by atoms with Gasteiger partial charge in [0.25, 0.3) is 5.56 Å². The van der Waals surface area contributed by atoms with Crippen molar-refractivity contribution in [2.45, 2.75) is 51.6 Å². The molecule has 6 rings (SSSR count). The van der Waals surface area contributed by atoms with E-state index in [4.69, 9.17) is 0 Å². The van der Waals surface area contributed by atoms with Crippen molar-refractivity contribution in [3.63, 3.8) is 0 Å². The maximum absolute atomic E-state index is 12.7. The highest BCUT2D eigenvalue weighted by molar-refractivity contribution is 9.10. The SMILES string of the molecule is O=C(Cn1ncc(NCC23CC4CC(CC(C4)C2)C3)c(Br)c1=O)NCc1ccncc1. The summed E-state index contributed by atoms with van der Waals surface area (Å²) in [6.07, 6.45) is 13.2. The third-order valence-electron chi connectivity index (χ3n) is 7.34. The van der Waals surface area contributed by atoms with Crippen LogP contribution in [0.15, 0.2) is 40.0 Å². The second-order valence-corrected chi connectivity index (χ2v) is 10.5. The highest BCUT2D eigenvalue weighted by atomic mass is 79.9. The molecule has 0 unspecified atom stereocenters. The summed E-state index contributed by atoms with van der Waals surface area (Å²) in [5.41, 5.74) is 1.74. The fourth-order valence-corrected chi connectivity index (χ4v) is 6.83. The molecule has 7 nitrogen and oxygen atoms in total. The van der Waals surface area contributed by atoms with E-state index in [1.807, 2.05) is 12.1 Å². The van der Waals surface area contributed by atoms with Crippen molar-refractivity contribution in [3.05, 3.63) is 51.1 Å². The predicted octanol–water partition coefficient (Wildman–Crippen LogP) is 3.35. The smallest absolute Gasteiger partial charge is 0.283 e. The number of anilines is 1. The first kappa shape index (κ1) is 20.7. The Morgan fingerprint density at radius 3 is 2.42 bits per heavy atom. The van der Waals surface area contributed by atoms with Crippen molar-refractivity contribution in [3.8, 4) is 0 Å². The Morgan fingerprint density at radius 2 is 1.77 bits per heavy atom. The van der Waals surface area contributed by atoms with Gasteiger partial charge in [0.2, 0.25) is 5.91 Å². The predicted molar refractivity (Wildman–Crippen MR) is 121 cm³/mol. The zero-order valence-electron chi connectivity index (χ0n) is 17.5. The highest BCUT2D eigenvalue weighted by Gasteiger charge is 2.50. The van der Waals surface area contributed by atoms with E-state index in [-0.39, 0.29) is 18.0 Å². The fourth-order valence-electron chi connectivity index (χ4n) is 6.38. The summed E-state index contributed by atoms with van der Waals surface area (Å²) in [6.45, 7) is 1.17. The van der Waals surface area contributed by atoms with Crippen LogP contribution in [0, 0.1) is 23.2 Å². The van der Waals surface area contributed by atoms with Gasteiger partial charge in [-0.2, -0.15) is 5.10 Å². The number of amides is 1. The lowest BCUT2D eigenvalue weighted by Gasteiger charge is -2.57. The highest BCUT2D eigenvalue weighted by Crippen LogP contribution is 2.59. The van der Waals surface area contributed by atoms with Crippen LogP contribution in [0.5, 0.6) is 0 Å². The van der Waals surface area contributed by atoms with Crippen LogP contribution in [0.2, 0.25) is 0 Å². The minimum Gasteiger partial charge on any atom is -0.382 e. The molecule has 164 valence electrons. The summed E-state index contributed by atoms with van der Waals surface area (Å²) in [7, 11) is 0. The Balaban J connectivity index is 1.20. The lowest BCUT2D eigenvalue weighted by Crippen LogP contribution is -2.49. The first-order valence-corrected chi connectivity index (χ1v) is 11.9. The van der Waals surface area contributed by atoms with Crippen LogP contribution >= 0.6 is 15.9 Å². The first-order chi connectivity index (χ1) is 15.0. The van der Waals surface area contributed by atoms with E-state index in [2.05, 4.69) is 36.6 Å². The van der Waals surface area contributed by atoms with Crippen LogP contribution in [-0.2, 0) is 17.9 Å². The largest absolute Gasteiger partial charge is 0.382 e. The van der Waals surface area contributed by atoms with Crippen molar-refractivity contribution in [2.24, 2.45) is 23.2 Å². The number of nitrogens with zero attached hydrogens (tertiary/aromatic N) is 3. The van der Waals surface area contributed by atoms with Gasteiger partial charge in [0.05, 0.1) is 11.9 Å². The summed E-state index contributed by atoms with van der Waals surface area (Å²) in [4.78, 5) is 29.0. The summed E-state index contributed by atoms with van der Waals surface area (Å²) in [5, 5.41) is 10.6. The molecule has 4 aliphatic rings. The average molecular weight is 486 g/mol. The Kier molecular flexibility index (Phi) is 5.58. The van der Waals surface area contributed by atoms with Crippen LogP contribution in [0.4, 0.5) is 5.69 Å². The van der Waals surface area contributed by atoms with Crippen LogP contribution in [0.25, 0.3) is 0 Å². The van der Waals surface area contributed by atoms with Crippen molar-refractivity contribution in [1.82, 2.24) is 20.1 Å². The van der Waals surface area contributed by atoms with E-state index in [0.717, 1.165) is 29.9 Å². The number of pyridine rings is 1. The molecule has 4 fully saturated rings. The van der Waals surface area contributed by atoms with Crippen molar-refractivity contribution in [1.29, 1.82) is 0 Å². The van der Waals surface area contributed by atoms with Gasteiger partial charge in [0.15, 0.2) is 0 Å². The molecule has 0 atom stereocenters. The van der Waals surface area contributed by atoms with Crippen LogP contribution in [0.1, 0.15) is 44.1 Å². The number of hydrogen-bond acceptors (Lipinski definition) is 5. The lowest BCUT2D eigenvalue weighted by molar-refractivity contribution is -0.122. The molecule has 4 bridgehead atoms. The van der Waals surface area contributed by atoms with Crippen LogP contribution in [0.3, 0.4) is 0 Å². The zero-order valence-corrected chi connectivity index (χ0v) is 19.1. The topological polar surface area (TPSA) is 88.9 Å². The quantitative estimate of drug-likeness (QED) is 0.627. The molecule has 4 aliphatic carbocycles. The molecule has 0 aromatic carbocycles. The van der Waals surface area contributed by atoms with Gasteiger partial charge in [0.1, 0.15) is 11.0 Å². The van der Waals surface area contributed by atoms with Gasteiger partial charge in [-0.15, -0.1) is 0 Å². The number of rotatable bonds is 7. The molecular formula is C23H28BrN5O2. The third kappa shape index (κ3) is 4.40. The first-order valence-electron chi connectivity index (χ1n) is 11.1. The number of aromatic nitrogens is 3. The summed E-state index contributed by atoms with van der Waals surface area (Å²) in [5.74, 6) is 2.43. The summed E-state index contributed by atoms with van der Waals surface area (Å²) >= 11 is 3.43. The second-order valence-electron chi connectivity index (χ2n) is 9.74. The Hall–Kier alpha value is -2.22. The Morgan fingerprint density at radius 1 is 1.13 bits per heavy atom. The van der Waals surface area contributed by atoms with Gasteiger partial charge in [0, 0.05) is 25.5 Å². The molecule has 4 saturated carbocycles. The molecule has 2 aromatic rings. The van der Waals surface area contributed by atoms with Crippen LogP contribution < -0.4 is 16.2 Å². The Bertz CT molecular complexity index is 987. The Labute approximate surface area is 190 Å². The maximum atomic E-state index is 12.7. The molecule has 0 aliphatic heterocycles. The molecule has 8 heteroatoms. The van der Waals surface area contributed by atoms with Gasteiger partial charge in [-0.05, 0) is 95.3 Å². The zero-order chi connectivity index (χ0) is 21.4. The molecule has 2 aromatic heterocycles. The monoisotopic (exact) mass is 485 g/mol. The molecule has 0 saturated heterocycles. The van der Waals surface area contributed by atoms with Gasteiger partial charge in [-0.25, -0.2) is 4.68 Å². The average Bonchev–Trinajstić information content (AvgIpc) is 2.75. The molecule has 31 heavy (non-hydrogen) atoms. The van der Waals surface area contributed by atoms with E-state index in [1.165, 1.54) is 43.2 Å². The van der Waals surface area contributed by atoms with Gasteiger partial charge >= 0.3 is 0 Å². The van der Waals surface area contributed by atoms with Crippen LogP contribution in [-0.4, -0.2) is 27.2 Å². The maximum Gasteiger partial charge on any atom is 0.283 e. The normalized spacial score (nSPS) is 28.5. The number of carbonyl (C=O) groups is 1. The molecule has 2 heterocycles. The minimum atomic E-state index is -0.297. The summed E-state index contributed by atoms with van der Waals surface area (Å²) < 4.78 is 1.64. The van der Waals surface area contributed by atoms with E-state index >= 15 is 0 Å². The van der Waals surface area contributed by atoms with Crippen molar-refractivity contribution in [2.75, 3.05) is 11.9 Å². The van der Waals surface area contributed by atoms with Gasteiger partial charge < -0.3 is 10.6 Å². The molecule has 0 radical (unpaired) electrons. The van der Waals surface area contributed by atoms with E-state index < -0.39 is 0 Å². The minimum absolute atomic E-state index is 0.113. The van der Waals surface area contributed by atoms with E-state index in [0.29, 0.717) is 22.1 Å². The van der Waals surface area contributed by atoms with Crippen molar-refractivity contribution >= 4 is 27.5 Å². The molecule has 1 amide bonds. The van der Waals surface area contributed by atoms with Crippen molar-refractivity contribution < 1.29 is 4.79 Å². The molecule has 2 N–H and O–H groups in total. The lowest BCUT2D eigenvalue weighted by atomic mass is 9.49. The molecule has 0 spiro atoms. The summed E-state index contributed by atoms with van der Waals surface area (Å²) in [6, 6.07) is 3.68. The van der Waals surface area contributed by atoms with Gasteiger partial charge in [-0.1, -0.05) is 0 Å². The number of hydrogen-bond donors (Lipinski definition) is 2. The number of halogens is 1. The second kappa shape index (κ2) is 8.37. The standard InChI is InChI=1S/C23H28BrN5O2/c24-21-19(27-14-23-8-16-5-17(9-23)7-18(6-16)10-23)12-28-29(22(21)31)13-20(30)26-11-15-1-3-25-4-2-15/h1-4,12,16-18,27H,5-11,13-14H2,(H,26,30). The van der Waals surface area contributed by atoms with E-state index in [9.17, 15) is 9.59 Å². The fraction of sp³-hybridized carbons (Fsp3) is 0.565. The molecular weight excluding hydrogens is 458 g/mol. The van der Waals surface area contributed by atoms with Gasteiger partial charge in [-0.3, -0.25) is 14.6 Å². The number of nitrogens with one attached hydrogen (secondary N) is 2. The van der Waals surface area contributed by atoms with E-state index in [1.54, 1.807) is 18.6 Å². The number of carbonyl (C=O) groups excluding carboxylic acids is 1.